The van der Waals surface area contributed by atoms with Gasteiger partial charge in [-0.25, -0.2) is 0 Å². The molecule has 4 nitrogen and oxygen atoms in total. The summed E-state index contributed by atoms with van der Waals surface area (Å²) in [7, 11) is 0. The van der Waals surface area contributed by atoms with Gasteiger partial charge in [0.1, 0.15) is 0 Å². The predicted octanol–water partition coefficient (Wildman–Crippen LogP) is 1.22. The smallest absolute Gasteiger partial charge is 0.0526 e. The predicted molar refractivity (Wildman–Crippen MR) is 55.9 cm³/mol. The Morgan fingerprint density at radius 1 is 1.50 bits per heavy atom. The fourth-order valence-electron chi connectivity index (χ4n) is 1.60. The summed E-state index contributed by atoms with van der Waals surface area (Å²) in [5.74, 6) is 0. The summed E-state index contributed by atoms with van der Waals surface area (Å²) in [6.07, 6.45) is 2.25. The second-order valence-electron chi connectivity index (χ2n) is 3.89. The number of rotatable bonds is 5. The molecule has 3 N–H and O–H groups in total. The van der Waals surface area contributed by atoms with E-state index in [9.17, 15) is 5.11 Å². The summed E-state index contributed by atoms with van der Waals surface area (Å²) in [4.78, 5) is 0. The minimum absolute atomic E-state index is 0.242. The van der Waals surface area contributed by atoms with Gasteiger partial charge in [0.15, 0.2) is 0 Å². The number of aromatic amines is 1. The molecule has 1 aromatic rings. The van der Waals surface area contributed by atoms with Crippen LogP contribution in [0.1, 0.15) is 38.9 Å². The van der Waals surface area contributed by atoms with Crippen LogP contribution in [0.3, 0.4) is 0 Å². The van der Waals surface area contributed by atoms with E-state index < -0.39 is 0 Å². The highest BCUT2D eigenvalue weighted by Gasteiger charge is 2.11. The van der Waals surface area contributed by atoms with E-state index in [1.807, 2.05) is 6.07 Å². The molecule has 0 aliphatic heterocycles. The summed E-state index contributed by atoms with van der Waals surface area (Å²) in [5, 5.41) is 19.4. The molecule has 3 atom stereocenters. The van der Waals surface area contributed by atoms with Crippen LogP contribution in [0, 0.1) is 0 Å². The maximum absolute atomic E-state index is 9.21. The number of nitrogens with zero attached hydrogens (tertiary/aromatic N) is 1. The standard InChI is InChI=1S/C10H19N3O/c1-7(6-8(2)14)12-9(3)10-4-5-11-13-10/h4-5,7-9,12,14H,6H2,1-3H3,(H,11,13). The Kier molecular flexibility index (Phi) is 4.10. The average molecular weight is 197 g/mol. The number of hydrogen-bond donors (Lipinski definition) is 3. The van der Waals surface area contributed by atoms with Crippen LogP contribution in [0.15, 0.2) is 12.3 Å². The lowest BCUT2D eigenvalue weighted by molar-refractivity contribution is 0.168. The third-order valence-electron chi connectivity index (χ3n) is 2.22. The van der Waals surface area contributed by atoms with Crippen molar-refractivity contribution < 1.29 is 5.11 Å². The Labute approximate surface area is 84.7 Å². The summed E-state index contributed by atoms with van der Waals surface area (Å²) in [6, 6.07) is 2.49. The van der Waals surface area contributed by atoms with E-state index in [1.165, 1.54) is 0 Å². The minimum Gasteiger partial charge on any atom is -0.393 e. The van der Waals surface area contributed by atoms with E-state index in [2.05, 4.69) is 29.4 Å². The van der Waals surface area contributed by atoms with E-state index in [0.717, 1.165) is 12.1 Å². The van der Waals surface area contributed by atoms with Crippen molar-refractivity contribution >= 4 is 0 Å². The van der Waals surface area contributed by atoms with Crippen molar-refractivity contribution in [3.8, 4) is 0 Å². The van der Waals surface area contributed by atoms with Crippen molar-refractivity contribution in [2.24, 2.45) is 0 Å². The van der Waals surface area contributed by atoms with Gasteiger partial charge >= 0.3 is 0 Å². The molecule has 4 heteroatoms. The summed E-state index contributed by atoms with van der Waals surface area (Å²) in [6.45, 7) is 5.95. The topological polar surface area (TPSA) is 60.9 Å². The fourth-order valence-corrected chi connectivity index (χ4v) is 1.60. The Morgan fingerprint density at radius 3 is 2.71 bits per heavy atom. The molecule has 0 saturated heterocycles. The van der Waals surface area contributed by atoms with Crippen molar-refractivity contribution in [2.45, 2.75) is 45.4 Å². The molecule has 0 aliphatic carbocycles. The molecule has 1 rings (SSSR count). The van der Waals surface area contributed by atoms with Crippen LogP contribution >= 0.6 is 0 Å². The molecule has 0 bridgehead atoms. The van der Waals surface area contributed by atoms with E-state index in [-0.39, 0.29) is 12.1 Å². The number of aromatic nitrogens is 2. The zero-order valence-electron chi connectivity index (χ0n) is 8.99. The van der Waals surface area contributed by atoms with Gasteiger partial charge in [-0.2, -0.15) is 5.10 Å². The monoisotopic (exact) mass is 197 g/mol. The third kappa shape index (κ3) is 3.47. The normalized spacial score (nSPS) is 17.7. The van der Waals surface area contributed by atoms with Gasteiger partial charge in [-0.3, -0.25) is 5.10 Å². The number of nitrogens with one attached hydrogen (secondary N) is 2. The van der Waals surface area contributed by atoms with Crippen molar-refractivity contribution in [3.63, 3.8) is 0 Å². The summed E-state index contributed by atoms with van der Waals surface area (Å²) < 4.78 is 0. The first kappa shape index (κ1) is 11.2. The first-order valence-corrected chi connectivity index (χ1v) is 5.03. The van der Waals surface area contributed by atoms with Crippen LogP contribution < -0.4 is 5.32 Å². The van der Waals surface area contributed by atoms with E-state index in [0.29, 0.717) is 6.04 Å². The molecule has 0 radical (unpaired) electrons. The van der Waals surface area contributed by atoms with Gasteiger partial charge in [0.2, 0.25) is 0 Å². The van der Waals surface area contributed by atoms with E-state index >= 15 is 0 Å². The molecule has 1 heterocycles. The van der Waals surface area contributed by atoms with Crippen LogP contribution in [-0.2, 0) is 0 Å². The molecule has 0 saturated carbocycles. The van der Waals surface area contributed by atoms with Gasteiger partial charge in [0.05, 0.1) is 11.8 Å². The molecule has 0 spiro atoms. The number of aliphatic hydroxyl groups is 1. The number of hydrogen-bond acceptors (Lipinski definition) is 3. The highest BCUT2D eigenvalue weighted by atomic mass is 16.3. The molecular formula is C10H19N3O. The molecule has 0 amide bonds. The molecule has 80 valence electrons. The zero-order valence-corrected chi connectivity index (χ0v) is 8.99. The highest BCUT2D eigenvalue weighted by Crippen LogP contribution is 2.10. The minimum atomic E-state index is -0.258. The largest absolute Gasteiger partial charge is 0.393 e. The van der Waals surface area contributed by atoms with Crippen LogP contribution in [0.5, 0.6) is 0 Å². The first-order chi connectivity index (χ1) is 6.59. The maximum Gasteiger partial charge on any atom is 0.0526 e. The second-order valence-corrected chi connectivity index (χ2v) is 3.89. The van der Waals surface area contributed by atoms with Gasteiger partial charge in [-0.05, 0) is 33.3 Å². The van der Waals surface area contributed by atoms with Crippen molar-refractivity contribution in [3.05, 3.63) is 18.0 Å². The first-order valence-electron chi connectivity index (χ1n) is 5.03. The van der Waals surface area contributed by atoms with Crippen LogP contribution in [0.25, 0.3) is 0 Å². The lowest BCUT2D eigenvalue weighted by atomic mass is 10.1. The lowest BCUT2D eigenvalue weighted by Gasteiger charge is -2.19. The Hall–Kier alpha value is -0.870. The van der Waals surface area contributed by atoms with Crippen molar-refractivity contribution in [1.29, 1.82) is 0 Å². The van der Waals surface area contributed by atoms with Gasteiger partial charge in [0.25, 0.3) is 0 Å². The zero-order chi connectivity index (χ0) is 10.6. The highest BCUT2D eigenvalue weighted by molar-refractivity contribution is 5.03. The molecule has 0 aromatic carbocycles. The SMILES string of the molecule is CC(O)CC(C)NC(C)c1ccn[nH]1. The molecule has 0 aliphatic rings. The molecular weight excluding hydrogens is 178 g/mol. The van der Waals surface area contributed by atoms with Gasteiger partial charge in [-0.1, -0.05) is 0 Å². The van der Waals surface area contributed by atoms with Crippen molar-refractivity contribution in [1.82, 2.24) is 15.5 Å². The lowest BCUT2D eigenvalue weighted by Crippen LogP contribution is -2.31. The van der Waals surface area contributed by atoms with Crippen molar-refractivity contribution in [2.75, 3.05) is 0 Å². The Balaban J connectivity index is 2.37. The van der Waals surface area contributed by atoms with Crippen LogP contribution in [0.2, 0.25) is 0 Å². The van der Waals surface area contributed by atoms with Gasteiger partial charge in [-0.15, -0.1) is 0 Å². The second kappa shape index (κ2) is 5.12. The quantitative estimate of drug-likeness (QED) is 0.665. The summed E-state index contributed by atoms with van der Waals surface area (Å²) in [5.41, 5.74) is 1.07. The number of H-pyrrole nitrogens is 1. The van der Waals surface area contributed by atoms with Crippen LogP contribution in [-0.4, -0.2) is 27.4 Å². The molecule has 3 unspecified atom stereocenters. The molecule has 14 heavy (non-hydrogen) atoms. The summed E-state index contributed by atoms with van der Waals surface area (Å²) >= 11 is 0. The molecule has 1 aromatic heterocycles. The molecule has 0 fully saturated rings. The third-order valence-corrected chi connectivity index (χ3v) is 2.22. The maximum atomic E-state index is 9.21. The number of aliphatic hydroxyl groups excluding tert-OH is 1. The van der Waals surface area contributed by atoms with E-state index in [4.69, 9.17) is 0 Å². The fraction of sp³-hybridized carbons (Fsp3) is 0.700. The Bertz CT molecular complexity index is 246. The van der Waals surface area contributed by atoms with E-state index in [1.54, 1.807) is 13.1 Å². The Morgan fingerprint density at radius 2 is 2.21 bits per heavy atom. The van der Waals surface area contributed by atoms with Gasteiger partial charge in [0, 0.05) is 18.3 Å². The van der Waals surface area contributed by atoms with Crippen LogP contribution in [0.4, 0.5) is 0 Å². The van der Waals surface area contributed by atoms with Gasteiger partial charge < -0.3 is 10.4 Å². The average Bonchev–Trinajstić information content (AvgIpc) is 2.53.